The van der Waals surface area contributed by atoms with Gasteiger partial charge in [0, 0.05) is 24.7 Å². The molecule has 1 N–H and O–H groups in total. The summed E-state index contributed by atoms with van der Waals surface area (Å²) in [7, 11) is 1.57. The Bertz CT molecular complexity index is 931. The number of nitrogens with one attached hydrogen (secondary N) is 1. The van der Waals surface area contributed by atoms with Gasteiger partial charge in [0.05, 0.1) is 19.3 Å². The third kappa shape index (κ3) is 3.20. The normalized spacial score (nSPS) is 14.0. The smallest absolute Gasteiger partial charge is 0.287 e. The van der Waals surface area contributed by atoms with Crippen LogP contribution in [0.1, 0.15) is 29.1 Å². The van der Waals surface area contributed by atoms with Crippen LogP contribution in [0, 0.1) is 0 Å². The average molecular weight is 352 g/mol. The maximum absolute atomic E-state index is 12.4. The average Bonchev–Trinajstić information content (AvgIpc) is 3.35. The molecule has 0 atom stereocenters. The summed E-state index contributed by atoms with van der Waals surface area (Å²) in [4.78, 5) is 23.5. The van der Waals surface area contributed by atoms with E-state index in [1.807, 2.05) is 18.2 Å². The minimum Gasteiger partial charge on any atom is -0.493 e. The highest BCUT2D eigenvalue weighted by Gasteiger charge is 2.17. The highest BCUT2D eigenvalue weighted by atomic mass is 16.5. The lowest BCUT2D eigenvalue weighted by Gasteiger charge is -2.15. The predicted molar refractivity (Wildman–Crippen MR) is 97.4 cm³/mol. The second kappa shape index (κ2) is 7.03. The van der Waals surface area contributed by atoms with E-state index in [-0.39, 0.29) is 11.7 Å². The molecule has 0 saturated carbocycles. The molecule has 1 saturated heterocycles. The highest BCUT2D eigenvalue weighted by Crippen LogP contribution is 2.28. The summed E-state index contributed by atoms with van der Waals surface area (Å²) >= 11 is 0. The summed E-state index contributed by atoms with van der Waals surface area (Å²) in [5.74, 6) is 1.29. The Hall–Kier alpha value is -3.09. The number of aromatic nitrogens is 2. The fraction of sp³-hybridized carbons (Fsp3) is 0.316. The van der Waals surface area contributed by atoms with Crippen LogP contribution in [0.2, 0.25) is 0 Å². The van der Waals surface area contributed by atoms with Crippen LogP contribution in [0.15, 0.2) is 40.9 Å². The standard InChI is InChI=1S/C19H20N4O3/c1-25-15-6-4-5-13-11-16(26-17(13)15)18(24)21-12-14-7-8-20-19(22-14)23-9-2-3-10-23/h4-8,11H,2-3,9-10,12H2,1H3,(H,21,24). The molecule has 7 nitrogen and oxygen atoms in total. The predicted octanol–water partition coefficient (Wildman–Crippen LogP) is 2.76. The van der Waals surface area contributed by atoms with Crippen molar-refractivity contribution in [3.63, 3.8) is 0 Å². The summed E-state index contributed by atoms with van der Waals surface area (Å²) in [6.07, 6.45) is 4.06. The molecule has 1 fully saturated rings. The van der Waals surface area contributed by atoms with Crippen molar-refractivity contribution in [3.05, 3.63) is 48.0 Å². The second-order valence-electron chi connectivity index (χ2n) is 6.21. The number of nitrogens with zero attached hydrogens (tertiary/aromatic N) is 3. The number of methoxy groups -OCH3 is 1. The van der Waals surface area contributed by atoms with Crippen LogP contribution in [0.5, 0.6) is 5.75 Å². The third-order valence-corrected chi connectivity index (χ3v) is 4.47. The number of benzene rings is 1. The molecule has 0 radical (unpaired) electrons. The molecule has 1 aromatic carbocycles. The Morgan fingerprint density at radius 1 is 1.31 bits per heavy atom. The van der Waals surface area contributed by atoms with Gasteiger partial charge in [-0.15, -0.1) is 0 Å². The number of hydrogen-bond acceptors (Lipinski definition) is 6. The Labute approximate surface area is 151 Å². The number of carbonyl (C=O) groups excluding carboxylic acids is 1. The van der Waals surface area contributed by atoms with Crippen LogP contribution < -0.4 is 15.0 Å². The molecule has 134 valence electrons. The maximum Gasteiger partial charge on any atom is 0.287 e. The first-order valence-electron chi connectivity index (χ1n) is 8.66. The Morgan fingerprint density at radius 3 is 2.96 bits per heavy atom. The van der Waals surface area contributed by atoms with Crippen LogP contribution in [0.4, 0.5) is 5.95 Å². The van der Waals surface area contributed by atoms with Gasteiger partial charge in [0.1, 0.15) is 0 Å². The largest absolute Gasteiger partial charge is 0.493 e. The molecular formula is C19H20N4O3. The van der Waals surface area contributed by atoms with Gasteiger partial charge in [-0.2, -0.15) is 0 Å². The van der Waals surface area contributed by atoms with Crippen LogP contribution in [-0.2, 0) is 6.54 Å². The molecular weight excluding hydrogens is 332 g/mol. The Balaban J connectivity index is 1.46. The number of para-hydroxylation sites is 1. The van der Waals surface area contributed by atoms with Crippen molar-refractivity contribution in [2.24, 2.45) is 0 Å². The van der Waals surface area contributed by atoms with E-state index in [1.54, 1.807) is 25.4 Å². The van der Waals surface area contributed by atoms with Gasteiger partial charge in [-0.25, -0.2) is 9.97 Å². The van der Waals surface area contributed by atoms with Gasteiger partial charge >= 0.3 is 0 Å². The number of hydrogen-bond donors (Lipinski definition) is 1. The van der Waals surface area contributed by atoms with E-state index >= 15 is 0 Å². The Kier molecular flexibility index (Phi) is 4.43. The van der Waals surface area contributed by atoms with E-state index in [9.17, 15) is 4.79 Å². The number of rotatable bonds is 5. The first-order valence-corrected chi connectivity index (χ1v) is 8.66. The first kappa shape index (κ1) is 16.4. The molecule has 0 bridgehead atoms. The van der Waals surface area contributed by atoms with Gasteiger partial charge in [-0.05, 0) is 31.0 Å². The molecule has 2 aromatic heterocycles. The fourth-order valence-electron chi connectivity index (χ4n) is 3.12. The van der Waals surface area contributed by atoms with Crippen molar-refractivity contribution in [1.29, 1.82) is 0 Å². The zero-order valence-electron chi connectivity index (χ0n) is 14.6. The van der Waals surface area contributed by atoms with Crippen LogP contribution >= 0.6 is 0 Å². The minimum atomic E-state index is -0.287. The van der Waals surface area contributed by atoms with Crippen molar-refractivity contribution in [2.45, 2.75) is 19.4 Å². The van der Waals surface area contributed by atoms with E-state index in [0.29, 0.717) is 17.9 Å². The molecule has 3 heterocycles. The van der Waals surface area contributed by atoms with Gasteiger partial charge in [0.25, 0.3) is 5.91 Å². The van der Waals surface area contributed by atoms with Gasteiger partial charge in [-0.3, -0.25) is 4.79 Å². The summed E-state index contributed by atoms with van der Waals surface area (Å²) in [5.41, 5.74) is 1.34. The summed E-state index contributed by atoms with van der Waals surface area (Å²) in [6.45, 7) is 2.28. The molecule has 7 heteroatoms. The number of amides is 1. The van der Waals surface area contributed by atoms with Gasteiger partial charge in [-0.1, -0.05) is 12.1 Å². The quantitative estimate of drug-likeness (QED) is 0.760. The van der Waals surface area contributed by atoms with Gasteiger partial charge in [0.15, 0.2) is 17.1 Å². The van der Waals surface area contributed by atoms with Crippen LogP contribution in [0.3, 0.4) is 0 Å². The lowest BCUT2D eigenvalue weighted by Crippen LogP contribution is -2.24. The molecule has 0 spiro atoms. The van der Waals surface area contributed by atoms with Crippen molar-refractivity contribution in [3.8, 4) is 5.75 Å². The molecule has 0 aliphatic carbocycles. The van der Waals surface area contributed by atoms with Crippen molar-refractivity contribution < 1.29 is 13.9 Å². The topological polar surface area (TPSA) is 80.5 Å². The highest BCUT2D eigenvalue weighted by molar-refractivity contribution is 5.97. The summed E-state index contributed by atoms with van der Waals surface area (Å²) < 4.78 is 10.9. The second-order valence-corrected chi connectivity index (χ2v) is 6.21. The first-order chi connectivity index (χ1) is 12.7. The van der Waals surface area contributed by atoms with Crippen LogP contribution in [-0.4, -0.2) is 36.1 Å². The number of carbonyl (C=O) groups is 1. The minimum absolute atomic E-state index is 0.248. The molecule has 1 amide bonds. The fourth-order valence-corrected chi connectivity index (χ4v) is 3.12. The molecule has 4 rings (SSSR count). The zero-order chi connectivity index (χ0) is 17.9. The van der Waals surface area contributed by atoms with Gasteiger partial charge < -0.3 is 19.4 Å². The van der Waals surface area contributed by atoms with E-state index < -0.39 is 0 Å². The lowest BCUT2D eigenvalue weighted by molar-refractivity contribution is 0.0924. The van der Waals surface area contributed by atoms with E-state index in [0.717, 1.165) is 30.1 Å². The number of ether oxygens (including phenoxy) is 1. The molecule has 3 aromatic rings. The summed E-state index contributed by atoms with van der Waals surface area (Å²) in [5, 5.41) is 3.68. The summed E-state index contributed by atoms with van der Waals surface area (Å²) in [6, 6.07) is 9.06. The molecule has 26 heavy (non-hydrogen) atoms. The monoisotopic (exact) mass is 352 g/mol. The Morgan fingerprint density at radius 2 is 2.15 bits per heavy atom. The van der Waals surface area contributed by atoms with Crippen molar-refractivity contribution >= 4 is 22.8 Å². The van der Waals surface area contributed by atoms with E-state index in [2.05, 4.69) is 20.2 Å². The third-order valence-electron chi connectivity index (χ3n) is 4.47. The van der Waals surface area contributed by atoms with Crippen molar-refractivity contribution in [1.82, 2.24) is 15.3 Å². The maximum atomic E-state index is 12.4. The molecule has 1 aliphatic heterocycles. The molecule has 0 unspecified atom stereocenters. The SMILES string of the molecule is COc1cccc2cc(C(=O)NCc3ccnc(N4CCCC4)n3)oc12. The van der Waals surface area contributed by atoms with Crippen molar-refractivity contribution in [2.75, 3.05) is 25.1 Å². The van der Waals surface area contributed by atoms with E-state index in [1.165, 1.54) is 12.8 Å². The zero-order valence-corrected chi connectivity index (χ0v) is 14.6. The van der Waals surface area contributed by atoms with E-state index in [4.69, 9.17) is 9.15 Å². The lowest BCUT2D eigenvalue weighted by atomic mass is 10.2. The number of anilines is 1. The number of furan rings is 1. The van der Waals surface area contributed by atoms with Crippen LogP contribution in [0.25, 0.3) is 11.0 Å². The number of fused-ring (bicyclic) bond motifs is 1. The molecule has 1 aliphatic rings. The van der Waals surface area contributed by atoms with Gasteiger partial charge in [0.2, 0.25) is 5.95 Å².